The molecular weight excluding hydrogens is 244 g/mol. The second-order valence-electron chi connectivity index (χ2n) is 5.85. The zero-order valence-electron chi connectivity index (χ0n) is 13.4. The standard InChI is InChI=1S/C18H30N2/c1-4-15-9-11-16(12-10-15)18(5-2)20(6-3)17-8-7-13-19-14-17/h9-12,17-19H,4-8,13-14H2,1-3H3. The van der Waals surface area contributed by atoms with E-state index >= 15 is 0 Å². The van der Waals surface area contributed by atoms with E-state index in [1.54, 1.807) is 0 Å². The topological polar surface area (TPSA) is 15.3 Å². The smallest absolute Gasteiger partial charge is 0.0348 e. The highest BCUT2D eigenvalue weighted by atomic mass is 15.2. The summed E-state index contributed by atoms with van der Waals surface area (Å²) in [6.45, 7) is 10.3. The van der Waals surface area contributed by atoms with Crippen LogP contribution in [-0.2, 0) is 6.42 Å². The highest BCUT2D eigenvalue weighted by molar-refractivity contribution is 5.25. The SMILES string of the molecule is CCc1ccc(C(CC)N(CC)C2CCCNC2)cc1. The first kappa shape index (κ1) is 15.5. The molecule has 0 radical (unpaired) electrons. The van der Waals surface area contributed by atoms with Gasteiger partial charge in [0, 0.05) is 18.6 Å². The minimum absolute atomic E-state index is 0.566. The molecule has 0 aliphatic carbocycles. The number of rotatable bonds is 6. The van der Waals surface area contributed by atoms with Gasteiger partial charge < -0.3 is 5.32 Å². The number of piperidine rings is 1. The van der Waals surface area contributed by atoms with Crippen LogP contribution < -0.4 is 5.32 Å². The summed E-state index contributed by atoms with van der Waals surface area (Å²) in [7, 11) is 0. The van der Waals surface area contributed by atoms with Gasteiger partial charge in [0.25, 0.3) is 0 Å². The van der Waals surface area contributed by atoms with Crippen LogP contribution in [0.3, 0.4) is 0 Å². The lowest BCUT2D eigenvalue weighted by Gasteiger charge is -2.39. The maximum Gasteiger partial charge on any atom is 0.0348 e. The fraction of sp³-hybridized carbons (Fsp3) is 0.667. The van der Waals surface area contributed by atoms with Gasteiger partial charge in [-0.1, -0.05) is 45.0 Å². The van der Waals surface area contributed by atoms with E-state index in [9.17, 15) is 0 Å². The van der Waals surface area contributed by atoms with Crippen LogP contribution in [-0.4, -0.2) is 30.6 Å². The van der Waals surface area contributed by atoms with Gasteiger partial charge in [-0.3, -0.25) is 4.90 Å². The molecule has 0 aromatic heterocycles. The summed E-state index contributed by atoms with van der Waals surface area (Å²) < 4.78 is 0. The van der Waals surface area contributed by atoms with Crippen molar-refractivity contribution in [2.75, 3.05) is 19.6 Å². The molecule has 2 atom stereocenters. The van der Waals surface area contributed by atoms with Crippen molar-refractivity contribution >= 4 is 0 Å². The van der Waals surface area contributed by atoms with E-state index in [1.807, 2.05) is 0 Å². The summed E-state index contributed by atoms with van der Waals surface area (Å²) in [6, 6.07) is 10.5. The predicted molar refractivity (Wildman–Crippen MR) is 87.1 cm³/mol. The van der Waals surface area contributed by atoms with Crippen LogP contribution in [0.25, 0.3) is 0 Å². The van der Waals surface area contributed by atoms with Gasteiger partial charge in [-0.2, -0.15) is 0 Å². The molecule has 1 saturated heterocycles. The average molecular weight is 274 g/mol. The van der Waals surface area contributed by atoms with Gasteiger partial charge in [-0.15, -0.1) is 0 Å². The molecule has 1 aromatic rings. The number of benzene rings is 1. The van der Waals surface area contributed by atoms with Crippen molar-refractivity contribution in [3.8, 4) is 0 Å². The summed E-state index contributed by atoms with van der Waals surface area (Å²) in [6.07, 6.45) is 4.97. The lowest BCUT2D eigenvalue weighted by Crippen LogP contribution is -2.47. The molecule has 1 aliphatic heterocycles. The van der Waals surface area contributed by atoms with Crippen LogP contribution in [0.4, 0.5) is 0 Å². The lowest BCUT2D eigenvalue weighted by molar-refractivity contribution is 0.115. The van der Waals surface area contributed by atoms with E-state index in [4.69, 9.17) is 0 Å². The van der Waals surface area contributed by atoms with Crippen molar-refractivity contribution in [3.05, 3.63) is 35.4 Å². The Hall–Kier alpha value is -0.860. The molecule has 0 bridgehead atoms. The highest BCUT2D eigenvalue weighted by Gasteiger charge is 2.26. The minimum atomic E-state index is 0.566. The Labute approximate surface area is 124 Å². The first-order chi connectivity index (χ1) is 9.80. The molecular formula is C18H30N2. The van der Waals surface area contributed by atoms with Crippen LogP contribution in [0.5, 0.6) is 0 Å². The van der Waals surface area contributed by atoms with Crippen LogP contribution in [0.15, 0.2) is 24.3 Å². The number of nitrogens with one attached hydrogen (secondary N) is 1. The third-order valence-electron chi connectivity index (χ3n) is 4.66. The van der Waals surface area contributed by atoms with E-state index < -0.39 is 0 Å². The number of aryl methyl sites for hydroxylation is 1. The molecule has 1 heterocycles. The predicted octanol–water partition coefficient (Wildman–Crippen LogP) is 3.77. The summed E-state index contributed by atoms with van der Waals surface area (Å²) >= 11 is 0. The monoisotopic (exact) mass is 274 g/mol. The molecule has 1 fully saturated rings. The Bertz CT molecular complexity index is 379. The molecule has 20 heavy (non-hydrogen) atoms. The fourth-order valence-electron chi connectivity index (χ4n) is 3.49. The maximum absolute atomic E-state index is 3.56. The van der Waals surface area contributed by atoms with Crippen molar-refractivity contribution in [1.82, 2.24) is 10.2 Å². The van der Waals surface area contributed by atoms with Crippen LogP contribution in [0.2, 0.25) is 0 Å². The third kappa shape index (κ3) is 3.62. The second-order valence-corrected chi connectivity index (χ2v) is 5.85. The van der Waals surface area contributed by atoms with Gasteiger partial charge in [0.2, 0.25) is 0 Å². The van der Waals surface area contributed by atoms with Crippen molar-refractivity contribution in [1.29, 1.82) is 0 Å². The number of hydrogen-bond donors (Lipinski definition) is 1. The van der Waals surface area contributed by atoms with Crippen molar-refractivity contribution in [2.45, 2.75) is 58.5 Å². The Balaban J connectivity index is 2.14. The summed E-state index contributed by atoms with van der Waals surface area (Å²) in [5.41, 5.74) is 2.92. The zero-order valence-corrected chi connectivity index (χ0v) is 13.4. The molecule has 1 aliphatic rings. The quantitative estimate of drug-likeness (QED) is 0.849. The Morgan fingerprint density at radius 2 is 1.95 bits per heavy atom. The second kappa shape index (κ2) is 7.80. The Kier molecular flexibility index (Phi) is 6.06. The van der Waals surface area contributed by atoms with Crippen LogP contribution >= 0.6 is 0 Å². The molecule has 112 valence electrons. The van der Waals surface area contributed by atoms with Crippen molar-refractivity contribution < 1.29 is 0 Å². The van der Waals surface area contributed by atoms with Gasteiger partial charge in [-0.05, 0) is 49.9 Å². The number of nitrogens with zero attached hydrogens (tertiary/aromatic N) is 1. The van der Waals surface area contributed by atoms with E-state index in [-0.39, 0.29) is 0 Å². The van der Waals surface area contributed by atoms with Gasteiger partial charge in [0.15, 0.2) is 0 Å². The largest absolute Gasteiger partial charge is 0.315 e. The average Bonchev–Trinajstić information content (AvgIpc) is 2.53. The van der Waals surface area contributed by atoms with E-state index in [0.717, 1.165) is 19.5 Å². The number of hydrogen-bond acceptors (Lipinski definition) is 2. The highest BCUT2D eigenvalue weighted by Crippen LogP contribution is 2.28. The fourth-order valence-corrected chi connectivity index (χ4v) is 3.49. The van der Waals surface area contributed by atoms with Crippen molar-refractivity contribution in [3.63, 3.8) is 0 Å². The maximum atomic E-state index is 3.56. The normalized spacial score (nSPS) is 21.1. The molecule has 1 N–H and O–H groups in total. The Morgan fingerprint density at radius 1 is 1.20 bits per heavy atom. The molecule has 0 amide bonds. The van der Waals surface area contributed by atoms with E-state index in [0.29, 0.717) is 12.1 Å². The third-order valence-corrected chi connectivity index (χ3v) is 4.66. The summed E-state index contributed by atoms with van der Waals surface area (Å²) in [5, 5.41) is 3.56. The van der Waals surface area contributed by atoms with Crippen LogP contribution in [0.1, 0.15) is 57.2 Å². The molecule has 0 saturated carbocycles. The molecule has 2 nitrogen and oxygen atoms in total. The van der Waals surface area contributed by atoms with Gasteiger partial charge in [-0.25, -0.2) is 0 Å². The molecule has 2 rings (SSSR count). The molecule has 1 aromatic carbocycles. The first-order valence-corrected chi connectivity index (χ1v) is 8.35. The zero-order chi connectivity index (χ0) is 14.4. The van der Waals surface area contributed by atoms with E-state index in [2.05, 4.69) is 55.3 Å². The number of likely N-dealkylation sites (N-methyl/N-ethyl adjacent to an activating group) is 1. The molecule has 2 unspecified atom stereocenters. The van der Waals surface area contributed by atoms with Gasteiger partial charge in [0.05, 0.1) is 0 Å². The summed E-state index contributed by atoms with van der Waals surface area (Å²) in [4.78, 5) is 2.70. The van der Waals surface area contributed by atoms with Gasteiger partial charge >= 0.3 is 0 Å². The van der Waals surface area contributed by atoms with E-state index in [1.165, 1.54) is 36.9 Å². The lowest BCUT2D eigenvalue weighted by atomic mass is 9.96. The first-order valence-electron chi connectivity index (χ1n) is 8.35. The van der Waals surface area contributed by atoms with Crippen molar-refractivity contribution in [2.24, 2.45) is 0 Å². The molecule has 0 spiro atoms. The Morgan fingerprint density at radius 3 is 2.45 bits per heavy atom. The molecule has 2 heteroatoms. The summed E-state index contributed by atoms with van der Waals surface area (Å²) in [5.74, 6) is 0. The van der Waals surface area contributed by atoms with Gasteiger partial charge in [0.1, 0.15) is 0 Å². The van der Waals surface area contributed by atoms with Crippen LogP contribution in [0, 0.1) is 0 Å². The minimum Gasteiger partial charge on any atom is -0.315 e.